The molecular weight excluding hydrogens is 278 g/mol. The summed E-state index contributed by atoms with van der Waals surface area (Å²) in [7, 11) is 0. The van der Waals surface area contributed by atoms with E-state index in [0.29, 0.717) is 13.2 Å². The lowest BCUT2D eigenvalue weighted by Crippen LogP contribution is -2.33. The third-order valence-corrected chi connectivity index (χ3v) is 3.41. The molecule has 0 bridgehead atoms. The largest absolute Gasteiger partial charge is 0.489 e. The molecule has 0 unspecified atom stereocenters. The van der Waals surface area contributed by atoms with Crippen LogP contribution >= 0.6 is 0 Å². The molecule has 0 aliphatic heterocycles. The zero-order valence-electron chi connectivity index (χ0n) is 12.9. The highest BCUT2D eigenvalue weighted by molar-refractivity contribution is 5.72. The quantitative estimate of drug-likeness (QED) is 0.824. The van der Waals surface area contributed by atoms with Gasteiger partial charge >= 0.3 is 5.97 Å². The summed E-state index contributed by atoms with van der Waals surface area (Å²) in [4.78, 5) is 10.8. The summed E-state index contributed by atoms with van der Waals surface area (Å²) in [5.74, 6) is -0.0744. The minimum atomic E-state index is -0.855. The van der Waals surface area contributed by atoms with Crippen LogP contribution in [0.5, 0.6) is 5.75 Å². The second kappa shape index (κ2) is 7.61. The molecule has 2 N–H and O–H groups in total. The van der Waals surface area contributed by atoms with Gasteiger partial charge in [0, 0.05) is 6.54 Å². The number of hydrogen-bond donors (Lipinski definition) is 2. The second-order valence-electron chi connectivity index (χ2n) is 5.36. The molecule has 0 saturated heterocycles. The van der Waals surface area contributed by atoms with Crippen molar-refractivity contribution in [2.45, 2.75) is 33.0 Å². The van der Waals surface area contributed by atoms with Crippen molar-refractivity contribution < 1.29 is 14.6 Å². The zero-order chi connectivity index (χ0) is 15.9. The van der Waals surface area contributed by atoms with Crippen LogP contribution in [0.1, 0.15) is 23.6 Å². The van der Waals surface area contributed by atoms with Crippen LogP contribution in [0.3, 0.4) is 0 Å². The highest BCUT2D eigenvalue weighted by Crippen LogP contribution is 2.15. The maximum absolute atomic E-state index is 10.8. The Labute approximate surface area is 130 Å². The summed E-state index contributed by atoms with van der Waals surface area (Å²) in [6.07, 6.45) is 0. The molecule has 1 atom stereocenters. The van der Waals surface area contributed by atoms with E-state index in [2.05, 4.69) is 36.5 Å². The Kier molecular flexibility index (Phi) is 5.55. The van der Waals surface area contributed by atoms with E-state index in [4.69, 9.17) is 9.84 Å². The van der Waals surface area contributed by atoms with Gasteiger partial charge in [-0.05, 0) is 37.1 Å². The van der Waals surface area contributed by atoms with Crippen LogP contribution in [0.4, 0.5) is 0 Å². The number of aliphatic carboxylic acids is 1. The van der Waals surface area contributed by atoms with Crippen molar-refractivity contribution in [3.63, 3.8) is 0 Å². The number of benzene rings is 2. The van der Waals surface area contributed by atoms with Gasteiger partial charge in [0.15, 0.2) is 0 Å². The van der Waals surface area contributed by atoms with Gasteiger partial charge in [0.25, 0.3) is 0 Å². The fourth-order valence-corrected chi connectivity index (χ4v) is 1.95. The predicted molar refractivity (Wildman–Crippen MR) is 85.9 cm³/mol. The number of carboxylic acids is 1. The smallest absolute Gasteiger partial charge is 0.320 e. The molecule has 2 rings (SSSR count). The monoisotopic (exact) mass is 299 g/mol. The second-order valence-corrected chi connectivity index (χ2v) is 5.36. The normalized spacial score (nSPS) is 11.9. The molecule has 0 aliphatic carbocycles. The van der Waals surface area contributed by atoms with Crippen molar-refractivity contribution in [2.24, 2.45) is 0 Å². The summed E-state index contributed by atoms with van der Waals surface area (Å²) in [6, 6.07) is 15.3. The third-order valence-electron chi connectivity index (χ3n) is 3.41. The predicted octanol–water partition coefficient (Wildman–Crippen LogP) is 3.14. The first-order chi connectivity index (χ1) is 10.5. The van der Waals surface area contributed by atoms with Crippen molar-refractivity contribution in [3.05, 3.63) is 65.2 Å². The minimum Gasteiger partial charge on any atom is -0.489 e. The maximum Gasteiger partial charge on any atom is 0.320 e. The average Bonchev–Trinajstić information content (AvgIpc) is 2.52. The number of rotatable bonds is 7. The number of ether oxygens (including phenoxy) is 1. The maximum atomic E-state index is 10.8. The Morgan fingerprint density at radius 1 is 1.18 bits per heavy atom. The third kappa shape index (κ3) is 4.90. The molecule has 0 fully saturated rings. The highest BCUT2D eigenvalue weighted by Gasteiger charge is 2.09. The Hall–Kier alpha value is -2.33. The summed E-state index contributed by atoms with van der Waals surface area (Å²) in [5.41, 5.74) is 3.34. The molecule has 0 amide bonds. The number of carbonyl (C=O) groups is 1. The minimum absolute atomic E-state index is 0.495. The van der Waals surface area contributed by atoms with Gasteiger partial charge in [-0.1, -0.05) is 42.0 Å². The molecule has 0 aromatic heterocycles. The van der Waals surface area contributed by atoms with E-state index in [-0.39, 0.29) is 0 Å². The standard InChI is InChI=1S/C18H21NO3/c1-13-6-8-15(9-7-13)12-22-17-5-3-4-16(10-17)11-19-14(2)18(20)21/h3-10,14,19H,11-12H2,1-2H3,(H,20,21)/t14-/m1/s1. The molecule has 2 aromatic rings. The van der Waals surface area contributed by atoms with Crippen molar-refractivity contribution in [1.82, 2.24) is 5.32 Å². The van der Waals surface area contributed by atoms with Crippen LogP contribution < -0.4 is 10.1 Å². The lowest BCUT2D eigenvalue weighted by Gasteiger charge is -2.11. The van der Waals surface area contributed by atoms with E-state index in [0.717, 1.165) is 16.9 Å². The molecule has 0 spiro atoms. The first-order valence-corrected chi connectivity index (χ1v) is 7.28. The number of carboxylic acid groups (broad SMARTS) is 1. The summed E-state index contributed by atoms with van der Waals surface area (Å²) in [5, 5.41) is 11.8. The van der Waals surface area contributed by atoms with Crippen LogP contribution in [-0.4, -0.2) is 17.1 Å². The Morgan fingerprint density at radius 2 is 1.91 bits per heavy atom. The van der Waals surface area contributed by atoms with Crippen LogP contribution in [0, 0.1) is 6.92 Å². The van der Waals surface area contributed by atoms with Crippen molar-refractivity contribution in [2.75, 3.05) is 0 Å². The molecule has 4 nitrogen and oxygen atoms in total. The van der Waals surface area contributed by atoms with Crippen LogP contribution in [0.15, 0.2) is 48.5 Å². The molecule has 0 aliphatic rings. The van der Waals surface area contributed by atoms with Gasteiger partial charge in [-0.3, -0.25) is 4.79 Å². The van der Waals surface area contributed by atoms with Crippen LogP contribution in [0.2, 0.25) is 0 Å². The topological polar surface area (TPSA) is 58.6 Å². The zero-order valence-corrected chi connectivity index (χ0v) is 12.9. The van der Waals surface area contributed by atoms with Gasteiger partial charge in [-0.15, -0.1) is 0 Å². The molecular formula is C18H21NO3. The van der Waals surface area contributed by atoms with E-state index in [1.165, 1.54) is 5.56 Å². The molecule has 22 heavy (non-hydrogen) atoms. The fraction of sp³-hybridized carbons (Fsp3) is 0.278. The van der Waals surface area contributed by atoms with E-state index in [1.54, 1.807) is 6.92 Å². The number of aryl methyl sites for hydroxylation is 1. The van der Waals surface area contributed by atoms with Crippen molar-refractivity contribution in [3.8, 4) is 5.75 Å². The summed E-state index contributed by atoms with van der Waals surface area (Å²) in [6.45, 7) is 4.69. The van der Waals surface area contributed by atoms with Gasteiger partial charge in [-0.2, -0.15) is 0 Å². The molecule has 4 heteroatoms. The van der Waals surface area contributed by atoms with E-state index in [9.17, 15) is 4.79 Å². The molecule has 116 valence electrons. The van der Waals surface area contributed by atoms with Crippen molar-refractivity contribution in [1.29, 1.82) is 0 Å². The summed E-state index contributed by atoms with van der Waals surface area (Å²) < 4.78 is 5.78. The molecule has 2 aromatic carbocycles. The Balaban J connectivity index is 1.90. The molecule has 0 saturated carbocycles. The first kappa shape index (κ1) is 16.0. The van der Waals surface area contributed by atoms with Crippen LogP contribution in [-0.2, 0) is 17.9 Å². The van der Waals surface area contributed by atoms with Gasteiger partial charge in [0.05, 0.1) is 0 Å². The summed E-state index contributed by atoms with van der Waals surface area (Å²) >= 11 is 0. The Morgan fingerprint density at radius 3 is 2.59 bits per heavy atom. The van der Waals surface area contributed by atoms with Gasteiger partial charge in [0.1, 0.15) is 18.4 Å². The Bertz CT molecular complexity index is 622. The fourth-order valence-electron chi connectivity index (χ4n) is 1.95. The lowest BCUT2D eigenvalue weighted by molar-refractivity contribution is -0.139. The number of hydrogen-bond acceptors (Lipinski definition) is 3. The average molecular weight is 299 g/mol. The highest BCUT2D eigenvalue weighted by atomic mass is 16.5. The molecule has 0 heterocycles. The van der Waals surface area contributed by atoms with Gasteiger partial charge in [0.2, 0.25) is 0 Å². The molecule has 0 radical (unpaired) electrons. The van der Waals surface area contributed by atoms with Gasteiger partial charge in [-0.25, -0.2) is 0 Å². The van der Waals surface area contributed by atoms with Gasteiger partial charge < -0.3 is 15.2 Å². The van der Waals surface area contributed by atoms with E-state index >= 15 is 0 Å². The lowest BCUT2D eigenvalue weighted by atomic mass is 10.1. The van der Waals surface area contributed by atoms with E-state index < -0.39 is 12.0 Å². The van der Waals surface area contributed by atoms with Crippen molar-refractivity contribution >= 4 is 5.97 Å². The number of nitrogens with one attached hydrogen (secondary N) is 1. The SMILES string of the molecule is Cc1ccc(COc2cccc(CN[C@H](C)C(=O)O)c2)cc1. The van der Waals surface area contributed by atoms with E-state index in [1.807, 2.05) is 24.3 Å². The first-order valence-electron chi connectivity index (χ1n) is 7.28. The van der Waals surface area contributed by atoms with Crippen LogP contribution in [0.25, 0.3) is 0 Å².